The fourth-order valence-electron chi connectivity index (χ4n) is 3.08. The van der Waals surface area contributed by atoms with E-state index in [0.29, 0.717) is 17.8 Å². The molecule has 0 radical (unpaired) electrons. The second kappa shape index (κ2) is 8.06. The summed E-state index contributed by atoms with van der Waals surface area (Å²) in [7, 11) is 0. The van der Waals surface area contributed by atoms with Gasteiger partial charge in [-0.3, -0.25) is 14.8 Å². The van der Waals surface area contributed by atoms with Gasteiger partial charge in [0.25, 0.3) is 5.91 Å². The summed E-state index contributed by atoms with van der Waals surface area (Å²) in [5, 5.41) is 7.09. The molecule has 29 heavy (non-hydrogen) atoms. The average molecular weight is 384 g/mol. The molecule has 0 bridgehead atoms. The first-order chi connectivity index (χ1) is 14.1. The van der Waals surface area contributed by atoms with Crippen molar-refractivity contribution in [3.8, 4) is 22.4 Å². The molecule has 1 N–H and O–H groups in total. The maximum Gasteiger partial charge on any atom is 0.251 e. The molecule has 0 aliphatic carbocycles. The minimum Gasteiger partial charge on any atom is -0.360 e. The molecule has 6 nitrogen and oxygen atoms in total. The highest BCUT2D eigenvalue weighted by molar-refractivity contribution is 5.95. The van der Waals surface area contributed by atoms with E-state index in [2.05, 4.69) is 20.4 Å². The first-order valence-corrected chi connectivity index (χ1v) is 9.29. The molecule has 144 valence electrons. The van der Waals surface area contributed by atoms with Gasteiger partial charge in [-0.25, -0.2) is 0 Å². The predicted molar refractivity (Wildman–Crippen MR) is 110 cm³/mol. The average Bonchev–Trinajstić information content (AvgIpc) is 3.15. The molecule has 0 aliphatic rings. The molecule has 2 heterocycles. The van der Waals surface area contributed by atoms with Crippen molar-refractivity contribution in [1.29, 1.82) is 0 Å². The van der Waals surface area contributed by atoms with Crippen molar-refractivity contribution in [3.63, 3.8) is 0 Å². The number of rotatable bonds is 5. The third-order valence-electron chi connectivity index (χ3n) is 4.61. The summed E-state index contributed by atoms with van der Waals surface area (Å²) >= 11 is 0. The molecule has 0 atom stereocenters. The number of aromatic nitrogens is 3. The van der Waals surface area contributed by atoms with Gasteiger partial charge in [0.05, 0.1) is 29.7 Å². The van der Waals surface area contributed by atoms with Crippen LogP contribution in [-0.2, 0) is 6.54 Å². The molecule has 0 saturated carbocycles. The Morgan fingerprint density at radius 3 is 2.38 bits per heavy atom. The van der Waals surface area contributed by atoms with Gasteiger partial charge < -0.3 is 9.84 Å². The Morgan fingerprint density at radius 1 is 0.931 bits per heavy atom. The Hall–Kier alpha value is -3.80. The van der Waals surface area contributed by atoms with Gasteiger partial charge in [-0.15, -0.1) is 0 Å². The van der Waals surface area contributed by atoms with Gasteiger partial charge in [0.15, 0.2) is 0 Å². The van der Waals surface area contributed by atoms with Crippen molar-refractivity contribution < 1.29 is 9.32 Å². The van der Waals surface area contributed by atoms with Gasteiger partial charge in [0, 0.05) is 17.3 Å². The Labute approximate surface area is 168 Å². The molecule has 0 fully saturated rings. The van der Waals surface area contributed by atoms with E-state index in [0.717, 1.165) is 33.8 Å². The van der Waals surface area contributed by atoms with Crippen LogP contribution in [0.5, 0.6) is 0 Å². The Bertz CT molecular complexity index is 1120. The lowest BCUT2D eigenvalue weighted by Crippen LogP contribution is -2.23. The third-order valence-corrected chi connectivity index (χ3v) is 4.61. The topological polar surface area (TPSA) is 80.9 Å². The van der Waals surface area contributed by atoms with Crippen molar-refractivity contribution in [2.45, 2.75) is 20.4 Å². The predicted octanol–water partition coefficient (Wildman–Crippen LogP) is 4.35. The molecule has 1 amide bonds. The van der Waals surface area contributed by atoms with Crippen LogP contribution in [0.25, 0.3) is 22.4 Å². The molecular weight excluding hydrogens is 364 g/mol. The summed E-state index contributed by atoms with van der Waals surface area (Å²) in [4.78, 5) is 20.9. The van der Waals surface area contributed by atoms with Gasteiger partial charge in [0.2, 0.25) is 0 Å². The van der Waals surface area contributed by atoms with Crippen LogP contribution in [0.4, 0.5) is 0 Å². The molecule has 4 aromatic rings. The third kappa shape index (κ3) is 4.06. The van der Waals surface area contributed by atoms with E-state index in [1.165, 1.54) is 0 Å². The number of nitrogens with zero attached hydrogens (tertiary/aromatic N) is 3. The fraction of sp³-hybridized carbons (Fsp3) is 0.130. The normalized spacial score (nSPS) is 10.7. The lowest BCUT2D eigenvalue weighted by atomic mass is 9.98. The van der Waals surface area contributed by atoms with Crippen LogP contribution < -0.4 is 5.32 Å². The molecule has 0 unspecified atom stereocenters. The van der Waals surface area contributed by atoms with Crippen molar-refractivity contribution in [1.82, 2.24) is 20.4 Å². The Kier molecular flexibility index (Phi) is 5.16. The van der Waals surface area contributed by atoms with Gasteiger partial charge in [-0.1, -0.05) is 47.6 Å². The number of hydrogen-bond donors (Lipinski definition) is 1. The van der Waals surface area contributed by atoms with E-state index in [1.807, 2.05) is 56.3 Å². The number of nitrogens with one attached hydrogen (secondary N) is 1. The molecule has 0 spiro atoms. The summed E-state index contributed by atoms with van der Waals surface area (Å²) in [6, 6.07) is 17.3. The summed E-state index contributed by atoms with van der Waals surface area (Å²) in [6.07, 6.45) is 3.35. The second-order valence-corrected chi connectivity index (χ2v) is 6.74. The van der Waals surface area contributed by atoms with Crippen LogP contribution in [0.15, 0.2) is 71.5 Å². The number of hydrogen-bond acceptors (Lipinski definition) is 5. The number of carbonyl (C=O) groups is 1. The smallest absolute Gasteiger partial charge is 0.251 e. The van der Waals surface area contributed by atoms with Crippen molar-refractivity contribution in [2.75, 3.05) is 0 Å². The van der Waals surface area contributed by atoms with E-state index >= 15 is 0 Å². The van der Waals surface area contributed by atoms with E-state index in [4.69, 9.17) is 4.52 Å². The van der Waals surface area contributed by atoms with Crippen LogP contribution in [0.1, 0.15) is 27.5 Å². The van der Waals surface area contributed by atoms with Crippen LogP contribution in [0.3, 0.4) is 0 Å². The first kappa shape index (κ1) is 18.6. The van der Waals surface area contributed by atoms with Gasteiger partial charge in [-0.2, -0.15) is 0 Å². The summed E-state index contributed by atoms with van der Waals surface area (Å²) < 4.78 is 5.44. The van der Waals surface area contributed by atoms with Gasteiger partial charge in [0.1, 0.15) is 11.5 Å². The maximum absolute atomic E-state index is 12.4. The summed E-state index contributed by atoms with van der Waals surface area (Å²) in [5.74, 6) is 0.572. The van der Waals surface area contributed by atoms with Gasteiger partial charge in [-0.05, 0) is 31.5 Å². The largest absolute Gasteiger partial charge is 0.360 e. The number of aryl methyl sites for hydroxylation is 2. The zero-order chi connectivity index (χ0) is 20.2. The quantitative estimate of drug-likeness (QED) is 0.553. The Morgan fingerprint density at radius 2 is 1.69 bits per heavy atom. The monoisotopic (exact) mass is 384 g/mol. The van der Waals surface area contributed by atoms with Crippen LogP contribution >= 0.6 is 0 Å². The molecule has 0 aliphatic heterocycles. The summed E-state index contributed by atoms with van der Waals surface area (Å²) in [5.41, 5.74) is 5.78. The van der Waals surface area contributed by atoms with Crippen LogP contribution in [-0.4, -0.2) is 21.0 Å². The molecule has 0 saturated heterocycles. The van der Waals surface area contributed by atoms with Crippen LogP contribution in [0.2, 0.25) is 0 Å². The molecular formula is C23H20N4O2. The lowest BCUT2D eigenvalue weighted by molar-refractivity contribution is 0.0950. The zero-order valence-corrected chi connectivity index (χ0v) is 16.2. The van der Waals surface area contributed by atoms with Crippen molar-refractivity contribution in [2.24, 2.45) is 0 Å². The number of amides is 1. The zero-order valence-electron chi connectivity index (χ0n) is 16.2. The fourth-order valence-corrected chi connectivity index (χ4v) is 3.08. The molecule has 2 aromatic carbocycles. The Balaban J connectivity index is 1.52. The highest BCUT2D eigenvalue weighted by atomic mass is 16.5. The molecule has 4 rings (SSSR count). The highest BCUT2D eigenvalue weighted by Gasteiger charge is 2.17. The first-order valence-electron chi connectivity index (χ1n) is 9.29. The van der Waals surface area contributed by atoms with Crippen LogP contribution in [0, 0.1) is 13.8 Å². The lowest BCUT2D eigenvalue weighted by Gasteiger charge is -2.07. The minimum absolute atomic E-state index is 0.163. The van der Waals surface area contributed by atoms with Crippen molar-refractivity contribution in [3.05, 3.63) is 89.7 Å². The van der Waals surface area contributed by atoms with E-state index < -0.39 is 0 Å². The maximum atomic E-state index is 12.4. The molecule has 2 aromatic heterocycles. The van der Waals surface area contributed by atoms with E-state index in [-0.39, 0.29) is 5.91 Å². The van der Waals surface area contributed by atoms with E-state index in [9.17, 15) is 4.79 Å². The van der Waals surface area contributed by atoms with Crippen molar-refractivity contribution >= 4 is 5.91 Å². The number of benzene rings is 2. The minimum atomic E-state index is -0.163. The van der Waals surface area contributed by atoms with E-state index in [1.54, 1.807) is 24.5 Å². The number of carbonyl (C=O) groups excluding carboxylic acids is 1. The SMILES string of the molecule is Cc1cnc(CNC(=O)c2ccc(-c3c(-c4ccccc4)noc3C)cc2)cn1. The van der Waals surface area contributed by atoms with Gasteiger partial charge >= 0.3 is 0 Å². The second-order valence-electron chi connectivity index (χ2n) is 6.74. The summed E-state index contributed by atoms with van der Waals surface area (Å²) in [6.45, 7) is 4.09. The highest BCUT2D eigenvalue weighted by Crippen LogP contribution is 2.34. The standard InChI is InChI=1S/C23H20N4O2/c1-15-12-25-20(13-24-15)14-26-23(28)19-10-8-17(9-11-19)21-16(2)29-27-22(21)18-6-4-3-5-7-18/h3-13H,14H2,1-2H3,(H,26,28). The molecule has 6 heteroatoms.